The van der Waals surface area contributed by atoms with Gasteiger partial charge in [0.2, 0.25) is 5.95 Å². The molecule has 1 atom stereocenters. The predicted octanol–water partition coefficient (Wildman–Crippen LogP) is 3.81. The highest BCUT2D eigenvalue weighted by Gasteiger charge is 2.34. The summed E-state index contributed by atoms with van der Waals surface area (Å²) < 4.78 is 65.7. The maximum Gasteiger partial charge on any atom is 0.433 e. The summed E-state index contributed by atoms with van der Waals surface area (Å²) in [5.74, 6) is -2.17. The van der Waals surface area contributed by atoms with Crippen molar-refractivity contribution in [2.24, 2.45) is 5.92 Å². The predicted molar refractivity (Wildman–Crippen MR) is 90.1 cm³/mol. The summed E-state index contributed by atoms with van der Waals surface area (Å²) in [6.45, 7) is 3.09. The van der Waals surface area contributed by atoms with Gasteiger partial charge < -0.3 is 15.7 Å². The normalized spacial score (nSPS) is 12.9. The summed E-state index contributed by atoms with van der Waals surface area (Å²) in [4.78, 5) is 7.38. The number of aliphatic hydroxyl groups is 1. The Morgan fingerprint density at radius 1 is 1.04 bits per heavy atom. The monoisotopic (exact) mass is 390 g/mol. The first-order chi connectivity index (χ1) is 12.6. The van der Waals surface area contributed by atoms with E-state index < -0.39 is 29.5 Å². The van der Waals surface area contributed by atoms with Crippen molar-refractivity contribution in [3.8, 4) is 0 Å². The lowest BCUT2D eigenvalue weighted by molar-refractivity contribution is -0.141. The van der Waals surface area contributed by atoms with Crippen LogP contribution in [0.2, 0.25) is 0 Å². The first-order valence-corrected chi connectivity index (χ1v) is 8.11. The Kier molecular flexibility index (Phi) is 6.53. The summed E-state index contributed by atoms with van der Waals surface area (Å²) in [6.07, 6.45) is -4.71. The van der Waals surface area contributed by atoms with Gasteiger partial charge in [-0.1, -0.05) is 13.8 Å². The van der Waals surface area contributed by atoms with E-state index in [1.807, 2.05) is 0 Å². The van der Waals surface area contributed by atoms with Crippen molar-refractivity contribution in [1.82, 2.24) is 9.97 Å². The number of rotatable bonds is 7. The zero-order valence-corrected chi connectivity index (χ0v) is 14.6. The summed E-state index contributed by atoms with van der Waals surface area (Å²) in [5.41, 5.74) is -0.988. The van der Waals surface area contributed by atoms with E-state index in [0.717, 1.165) is 12.1 Å². The van der Waals surface area contributed by atoms with Crippen LogP contribution in [-0.2, 0) is 12.7 Å². The molecule has 10 heteroatoms. The highest BCUT2D eigenvalue weighted by molar-refractivity contribution is 5.44. The Morgan fingerprint density at radius 3 is 2.19 bits per heavy atom. The smallest absolute Gasteiger partial charge is 0.394 e. The molecule has 0 aliphatic carbocycles. The number of anilines is 2. The van der Waals surface area contributed by atoms with Crippen molar-refractivity contribution in [3.63, 3.8) is 0 Å². The molecule has 148 valence electrons. The van der Waals surface area contributed by atoms with Crippen LogP contribution in [0.25, 0.3) is 0 Å². The van der Waals surface area contributed by atoms with Gasteiger partial charge in [0.15, 0.2) is 5.69 Å². The second-order valence-corrected chi connectivity index (χ2v) is 6.27. The molecule has 0 saturated carbocycles. The number of hydrogen-bond donors (Lipinski definition) is 3. The third-order valence-corrected chi connectivity index (χ3v) is 3.73. The van der Waals surface area contributed by atoms with Crippen molar-refractivity contribution in [2.75, 3.05) is 17.2 Å². The van der Waals surface area contributed by atoms with Gasteiger partial charge in [-0.15, -0.1) is 0 Å². The number of nitrogens with zero attached hydrogens (tertiary/aromatic N) is 2. The maximum absolute atomic E-state index is 13.2. The molecule has 27 heavy (non-hydrogen) atoms. The number of nitrogens with one attached hydrogen (secondary N) is 2. The summed E-state index contributed by atoms with van der Waals surface area (Å²) in [7, 11) is 0. The van der Waals surface area contributed by atoms with Crippen LogP contribution in [0.3, 0.4) is 0 Å². The molecular formula is C17H19F5N4O. The van der Waals surface area contributed by atoms with E-state index in [9.17, 15) is 27.1 Å². The molecular weight excluding hydrogens is 371 g/mol. The van der Waals surface area contributed by atoms with Gasteiger partial charge in [-0.2, -0.15) is 18.2 Å². The van der Waals surface area contributed by atoms with Crippen LogP contribution in [0.15, 0.2) is 24.3 Å². The number of aliphatic hydroxyl groups excluding tert-OH is 1. The van der Waals surface area contributed by atoms with Gasteiger partial charge in [0.1, 0.15) is 17.5 Å². The van der Waals surface area contributed by atoms with Gasteiger partial charge in [-0.25, -0.2) is 13.8 Å². The molecule has 5 nitrogen and oxygen atoms in total. The van der Waals surface area contributed by atoms with E-state index in [0.29, 0.717) is 12.1 Å². The minimum atomic E-state index is -4.71. The molecule has 0 unspecified atom stereocenters. The molecule has 1 heterocycles. The molecule has 3 N–H and O–H groups in total. The van der Waals surface area contributed by atoms with Crippen LogP contribution in [0, 0.1) is 17.6 Å². The fourth-order valence-corrected chi connectivity index (χ4v) is 2.24. The average molecular weight is 390 g/mol. The fourth-order valence-electron chi connectivity index (χ4n) is 2.24. The molecule has 0 radical (unpaired) electrons. The standard InChI is InChI=1S/C17H19F5N4O/c1-9(2)13(8-27)24-16-25-14(17(20,21)22)6-15(26-16)23-7-10-3-11(18)5-12(19)4-10/h3-6,9,13,27H,7-8H2,1-2H3,(H2,23,24,25,26)/t13-/m1/s1. The van der Waals surface area contributed by atoms with Gasteiger partial charge in [0, 0.05) is 18.7 Å². The van der Waals surface area contributed by atoms with Crippen LogP contribution >= 0.6 is 0 Å². The van der Waals surface area contributed by atoms with Gasteiger partial charge in [0.25, 0.3) is 0 Å². The van der Waals surface area contributed by atoms with Crippen molar-refractivity contribution >= 4 is 11.8 Å². The van der Waals surface area contributed by atoms with Crippen LogP contribution in [0.5, 0.6) is 0 Å². The maximum atomic E-state index is 13.2. The molecule has 2 rings (SSSR count). The highest BCUT2D eigenvalue weighted by atomic mass is 19.4. The molecule has 0 fully saturated rings. The second-order valence-electron chi connectivity index (χ2n) is 6.27. The SMILES string of the molecule is CC(C)[C@@H](CO)Nc1nc(NCc2cc(F)cc(F)c2)cc(C(F)(F)F)n1. The number of aromatic nitrogens is 2. The number of benzene rings is 1. The van der Waals surface area contributed by atoms with E-state index in [1.165, 1.54) is 0 Å². The van der Waals surface area contributed by atoms with Crippen LogP contribution < -0.4 is 10.6 Å². The Balaban J connectivity index is 2.27. The summed E-state index contributed by atoms with van der Waals surface area (Å²) >= 11 is 0. The average Bonchev–Trinajstić information content (AvgIpc) is 2.56. The number of halogens is 5. The minimum absolute atomic E-state index is 0.0835. The van der Waals surface area contributed by atoms with Gasteiger partial charge in [-0.05, 0) is 23.6 Å². The van der Waals surface area contributed by atoms with Crippen LogP contribution in [0.4, 0.5) is 33.7 Å². The van der Waals surface area contributed by atoms with Crippen molar-refractivity contribution in [2.45, 2.75) is 32.6 Å². The van der Waals surface area contributed by atoms with E-state index in [4.69, 9.17) is 0 Å². The second kappa shape index (κ2) is 8.47. The number of alkyl halides is 3. The van der Waals surface area contributed by atoms with Crippen molar-refractivity contribution < 1.29 is 27.1 Å². The topological polar surface area (TPSA) is 70.1 Å². The largest absolute Gasteiger partial charge is 0.433 e. The molecule has 0 amide bonds. The Bertz CT molecular complexity index is 762. The third kappa shape index (κ3) is 6.02. The van der Waals surface area contributed by atoms with Gasteiger partial charge in [-0.3, -0.25) is 0 Å². The van der Waals surface area contributed by atoms with E-state index in [2.05, 4.69) is 20.6 Å². The van der Waals surface area contributed by atoms with Gasteiger partial charge in [0.05, 0.1) is 12.6 Å². The van der Waals surface area contributed by atoms with Crippen molar-refractivity contribution in [3.05, 3.63) is 47.2 Å². The highest BCUT2D eigenvalue weighted by Crippen LogP contribution is 2.30. The fraction of sp³-hybridized carbons (Fsp3) is 0.412. The molecule has 0 bridgehead atoms. The molecule has 1 aromatic heterocycles. The molecule has 2 aromatic rings. The Hall–Kier alpha value is -2.49. The van der Waals surface area contributed by atoms with Crippen LogP contribution in [0.1, 0.15) is 25.1 Å². The van der Waals surface area contributed by atoms with E-state index in [1.54, 1.807) is 13.8 Å². The molecule has 0 aliphatic heterocycles. The molecule has 0 saturated heterocycles. The molecule has 0 aliphatic rings. The lowest BCUT2D eigenvalue weighted by atomic mass is 10.1. The minimum Gasteiger partial charge on any atom is -0.394 e. The Morgan fingerprint density at radius 2 is 1.67 bits per heavy atom. The quantitative estimate of drug-likeness (QED) is 0.627. The van der Waals surface area contributed by atoms with Gasteiger partial charge >= 0.3 is 6.18 Å². The zero-order chi connectivity index (χ0) is 20.2. The number of hydrogen-bond acceptors (Lipinski definition) is 5. The summed E-state index contributed by atoms with van der Waals surface area (Å²) in [6, 6.07) is 2.96. The van der Waals surface area contributed by atoms with E-state index in [-0.39, 0.29) is 36.4 Å². The first kappa shape index (κ1) is 20.8. The third-order valence-electron chi connectivity index (χ3n) is 3.73. The van der Waals surface area contributed by atoms with E-state index >= 15 is 0 Å². The molecule has 1 aromatic carbocycles. The first-order valence-electron chi connectivity index (χ1n) is 8.11. The lowest BCUT2D eigenvalue weighted by Crippen LogP contribution is -2.30. The van der Waals surface area contributed by atoms with Crippen molar-refractivity contribution in [1.29, 1.82) is 0 Å². The summed E-state index contributed by atoms with van der Waals surface area (Å²) in [5, 5.41) is 14.6. The Labute approximate surface area is 152 Å². The lowest BCUT2D eigenvalue weighted by Gasteiger charge is -2.21. The van der Waals surface area contributed by atoms with Crippen LogP contribution in [-0.4, -0.2) is 27.7 Å². The zero-order valence-electron chi connectivity index (χ0n) is 14.6. The molecule has 0 spiro atoms.